The van der Waals surface area contributed by atoms with Crippen molar-refractivity contribution < 1.29 is 32.5 Å². The zero-order valence-electron chi connectivity index (χ0n) is 17.6. The van der Waals surface area contributed by atoms with Crippen molar-refractivity contribution in [2.45, 2.75) is 19.8 Å². The van der Waals surface area contributed by atoms with E-state index < -0.39 is 12.5 Å². The molecule has 0 unspecified atom stereocenters. The fourth-order valence-electron chi connectivity index (χ4n) is 2.97. The van der Waals surface area contributed by atoms with Crippen LogP contribution in [0.2, 0.25) is 0 Å². The quantitative estimate of drug-likeness (QED) is 0.487. The molecule has 1 amide bonds. The minimum Gasteiger partial charge on any atom is -0.493 e. The molecule has 0 saturated heterocycles. The minimum atomic E-state index is -3.03. The van der Waals surface area contributed by atoms with E-state index in [9.17, 15) is 13.6 Å². The average molecular weight is 443 g/mol. The normalized spacial score (nSPS) is 10.5. The smallest absolute Gasteiger partial charge is 0.387 e. The predicted octanol–water partition coefficient (Wildman–Crippen LogP) is 4.81. The molecule has 0 aromatic heterocycles. The third-order valence-electron chi connectivity index (χ3n) is 4.56. The Morgan fingerprint density at radius 3 is 2.25 bits per heavy atom. The van der Waals surface area contributed by atoms with Crippen molar-refractivity contribution in [3.05, 3.63) is 83.4 Å². The van der Waals surface area contributed by atoms with E-state index in [1.807, 2.05) is 36.4 Å². The summed E-state index contributed by atoms with van der Waals surface area (Å²) in [7, 11) is 2.86. The number of rotatable bonds is 10. The molecule has 0 fully saturated rings. The number of hydrogen-bond donors (Lipinski definition) is 1. The summed E-state index contributed by atoms with van der Waals surface area (Å²) >= 11 is 0. The Labute approximate surface area is 184 Å². The van der Waals surface area contributed by atoms with Gasteiger partial charge in [-0.05, 0) is 41.5 Å². The molecule has 6 nitrogen and oxygen atoms in total. The van der Waals surface area contributed by atoms with Gasteiger partial charge in [0.2, 0.25) is 0 Å². The Balaban J connectivity index is 1.64. The largest absolute Gasteiger partial charge is 0.493 e. The van der Waals surface area contributed by atoms with Gasteiger partial charge >= 0.3 is 6.61 Å². The van der Waals surface area contributed by atoms with Gasteiger partial charge in [-0.25, -0.2) is 0 Å². The summed E-state index contributed by atoms with van der Waals surface area (Å²) in [6.45, 7) is -2.43. The number of carbonyl (C=O) groups excluding carboxylic acids is 1. The van der Waals surface area contributed by atoms with E-state index in [1.54, 1.807) is 12.1 Å². The highest BCUT2D eigenvalue weighted by molar-refractivity contribution is 5.94. The van der Waals surface area contributed by atoms with Crippen molar-refractivity contribution in [2.24, 2.45) is 0 Å². The summed E-state index contributed by atoms with van der Waals surface area (Å²) in [5.41, 5.74) is 1.97. The van der Waals surface area contributed by atoms with Gasteiger partial charge in [-0.2, -0.15) is 8.78 Å². The number of methoxy groups -OCH3 is 2. The molecule has 3 aromatic rings. The van der Waals surface area contributed by atoms with Crippen LogP contribution < -0.4 is 24.3 Å². The van der Waals surface area contributed by atoms with E-state index in [-0.39, 0.29) is 23.6 Å². The first kappa shape index (κ1) is 22.9. The molecule has 0 radical (unpaired) electrons. The van der Waals surface area contributed by atoms with Crippen LogP contribution in [-0.2, 0) is 13.2 Å². The number of amides is 1. The lowest BCUT2D eigenvalue weighted by Crippen LogP contribution is -2.23. The number of carbonyl (C=O) groups is 1. The van der Waals surface area contributed by atoms with Gasteiger partial charge in [0.25, 0.3) is 5.91 Å². The molecule has 0 heterocycles. The Morgan fingerprint density at radius 2 is 1.56 bits per heavy atom. The van der Waals surface area contributed by atoms with Crippen LogP contribution in [0, 0.1) is 0 Å². The first-order chi connectivity index (χ1) is 15.5. The van der Waals surface area contributed by atoms with Crippen molar-refractivity contribution in [3.8, 4) is 23.0 Å². The van der Waals surface area contributed by atoms with E-state index in [2.05, 4.69) is 10.1 Å². The SMILES string of the molecule is COc1cc(CNC(=O)c2ccc(OC)c(OC(F)F)c2)ccc1OCc1ccccc1. The van der Waals surface area contributed by atoms with Crippen molar-refractivity contribution in [3.63, 3.8) is 0 Å². The maximum Gasteiger partial charge on any atom is 0.387 e. The van der Waals surface area contributed by atoms with Crippen LogP contribution in [0.5, 0.6) is 23.0 Å². The van der Waals surface area contributed by atoms with Gasteiger partial charge in [0, 0.05) is 12.1 Å². The fourth-order valence-corrected chi connectivity index (χ4v) is 2.97. The van der Waals surface area contributed by atoms with E-state index in [0.717, 1.165) is 11.1 Å². The highest BCUT2D eigenvalue weighted by Crippen LogP contribution is 2.30. The maximum atomic E-state index is 12.6. The van der Waals surface area contributed by atoms with Crippen LogP contribution in [0.4, 0.5) is 8.78 Å². The number of ether oxygens (including phenoxy) is 4. The molecule has 0 spiro atoms. The van der Waals surface area contributed by atoms with E-state index >= 15 is 0 Å². The highest BCUT2D eigenvalue weighted by Gasteiger charge is 2.15. The fraction of sp³-hybridized carbons (Fsp3) is 0.208. The second-order valence-electron chi connectivity index (χ2n) is 6.69. The summed E-state index contributed by atoms with van der Waals surface area (Å²) in [5, 5.41) is 2.74. The van der Waals surface area contributed by atoms with Crippen LogP contribution >= 0.6 is 0 Å². The summed E-state index contributed by atoms with van der Waals surface area (Å²) in [5.74, 6) is 0.560. The molecule has 3 aromatic carbocycles. The molecule has 8 heteroatoms. The van der Waals surface area contributed by atoms with E-state index in [1.165, 1.54) is 32.4 Å². The molecule has 0 aliphatic carbocycles. The van der Waals surface area contributed by atoms with Gasteiger partial charge in [0.1, 0.15) is 6.61 Å². The van der Waals surface area contributed by atoms with Gasteiger partial charge in [-0.3, -0.25) is 4.79 Å². The van der Waals surface area contributed by atoms with Gasteiger partial charge in [0.05, 0.1) is 14.2 Å². The number of nitrogens with one attached hydrogen (secondary N) is 1. The predicted molar refractivity (Wildman–Crippen MR) is 115 cm³/mol. The topological polar surface area (TPSA) is 66.0 Å². The zero-order valence-corrected chi connectivity index (χ0v) is 17.6. The van der Waals surface area contributed by atoms with Gasteiger partial charge < -0.3 is 24.3 Å². The number of benzene rings is 3. The molecule has 0 saturated carbocycles. The number of hydrogen-bond acceptors (Lipinski definition) is 5. The lowest BCUT2D eigenvalue weighted by molar-refractivity contribution is -0.0512. The van der Waals surface area contributed by atoms with Crippen molar-refractivity contribution in [2.75, 3.05) is 14.2 Å². The van der Waals surface area contributed by atoms with Gasteiger partial charge in [0.15, 0.2) is 23.0 Å². The number of alkyl halides is 2. The zero-order chi connectivity index (χ0) is 22.9. The lowest BCUT2D eigenvalue weighted by atomic mass is 10.1. The Kier molecular flexibility index (Phi) is 7.85. The van der Waals surface area contributed by atoms with Crippen molar-refractivity contribution in [1.29, 1.82) is 0 Å². The van der Waals surface area contributed by atoms with Gasteiger partial charge in [-0.15, -0.1) is 0 Å². The standard InChI is InChI=1S/C24H23F2NO5/c1-29-19-11-9-18(13-22(19)32-24(25)26)23(28)27-14-17-8-10-20(21(12-17)30-2)31-15-16-6-4-3-5-7-16/h3-13,24H,14-15H2,1-2H3,(H,27,28). The Hall–Kier alpha value is -3.81. The molecule has 32 heavy (non-hydrogen) atoms. The van der Waals surface area contributed by atoms with Crippen LogP contribution in [0.25, 0.3) is 0 Å². The highest BCUT2D eigenvalue weighted by atomic mass is 19.3. The Morgan fingerprint density at radius 1 is 0.844 bits per heavy atom. The Bertz CT molecular complexity index is 1040. The maximum absolute atomic E-state index is 12.6. The molecule has 0 atom stereocenters. The van der Waals surface area contributed by atoms with Gasteiger partial charge in [-0.1, -0.05) is 36.4 Å². The number of halogens is 2. The summed E-state index contributed by atoms with van der Waals surface area (Å²) < 4.78 is 45.8. The molecule has 0 aliphatic rings. The molecule has 3 rings (SSSR count). The van der Waals surface area contributed by atoms with Crippen LogP contribution in [0.3, 0.4) is 0 Å². The van der Waals surface area contributed by atoms with Crippen molar-refractivity contribution in [1.82, 2.24) is 5.32 Å². The molecule has 0 aliphatic heterocycles. The van der Waals surface area contributed by atoms with Crippen molar-refractivity contribution >= 4 is 5.91 Å². The third-order valence-corrected chi connectivity index (χ3v) is 4.56. The van der Waals surface area contributed by atoms with E-state index in [0.29, 0.717) is 18.1 Å². The second-order valence-corrected chi connectivity index (χ2v) is 6.69. The molecular weight excluding hydrogens is 420 g/mol. The van der Waals surface area contributed by atoms with Crippen LogP contribution in [0.15, 0.2) is 66.7 Å². The van der Waals surface area contributed by atoms with E-state index in [4.69, 9.17) is 14.2 Å². The average Bonchev–Trinajstić information content (AvgIpc) is 2.81. The lowest BCUT2D eigenvalue weighted by Gasteiger charge is -2.13. The first-order valence-corrected chi connectivity index (χ1v) is 9.75. The van der Waals surface area contributed by atoms with Crippen LogP contribution in [0.1, 0.15) is 21.5 Å². The molecular formula is C24H23F2NO5. The second kappa shape index (κ2) is 11.0. The summed E-state index contributed by atoms with van der Waals surface area (Å²) in [6, 6.07) is 19.2. The monoisotopic (exact) mass is 443 g/mol. The molecule has 168 valence electrons. The summed E-state index contributed by atoms with van der Waals surface area (Å²) in [6.07, 6.45) is 0. The minimum absolute atomic E-state index is 0.109. The molecule has 1 N–H and O–H groups in total. The third kappa shape index (κ3) is 6.10. The first-order valence-electron chi connectivity index (χ1n) is 9.75. The van der Waals surface area contributed by atoms with Crippen LogP contribution in [-0.4, -0.2) is 26.7 Å². The molecule has 0 bridgehead atoms. The summed E-state index contributed by atoms with van der Waals surface area (Å²) in [4.78, 5) is 12.5.